The van der Waals surface area contributed by atoms with E-state index >= 15 is 0 Å². The van der Waals surface area contributed by atoms with Crippen molar-refractivity contribution in [2.75, 3.05) is 33.4 Å². The van der Waals surface area contributed by atoms with Gasteiger partial charge in [-0.25, -0.2) is 8.42 Å². The Morgan fingerprint density at radius 1 is 1.14 bits per heavy atom. The van der Waals surface area contributed by atoms with Gasteiger partial charge in [-0.1, -0.05) is 11.3 Å². The number of fused-ring (bicyclic) bond motifs is 1. The summed E-state index contributed by atoms with van der Waals surface area (Å²) in [5.41, 5.74) is 1.24. The van der Waals surface area contributed by atoms with Crippen LogP contribution in [0.1, 0.15) is 31.1 Å². The summed E-state index contributed by atoms with van der Waals surface area (Å²) >= 11 is 1.39. The fourth-order valence-electron chi connectivity index (χ4n) is 4.19. The number of rotatable bonds is 8. The van der Waals surface area contributed by atoms with Gasteiger partial charge in [0, 0.05) is 32.3 Å². The molecule has 11 heteroatoms. The third kappa shape index (κ3) is 5.70. The van der Waals surface area contributed by atoms with E-state index in [0.29, 0.717) is 43.2 Å². The third-order valence-corrected chi connectivity index (χ3v) is 8.69. The van der Waals surface area contributed by atoms with Crippen molar-refractivity contribution in [2.24, 2.45) is 4.99 Å². The molecule has 194 valence electrons. The molecule has 1 aliphatic rings. The van der Waals surface area contributed by atoms with Crippen molar-refractivity contribution in [2.45, 2.75) is 44.4 Å². The monoisotopic (exact) mass is 533 g/mol. The van der Waals surface area contributed by atoms with Crippen molar-refractivity contribution >= 4 is 37.5 Å². The zero-order chi connectivity index (χ0) is 25.9. The molecule has 2 aromatic carbocycles. The number of sulfonamides is 1. The molecule has 1 amide bonds. The Morgan fingerprint density at radius 2 is 1.83 bits per heavy atom. The zero-order valence-electron chi connectivity index (χ0n) is 20.8. The first-order chi connectivity index (χ1) is 17.2. The van der Waals surface area contributed by atoms with Gasteiger partial charge in [-0.15, -0.1) is 0 Å². The summed E-state index contributed by atoms with van der Waals surface area (Å²) in [7, 11) is -2.07. The van der Waals surface area contributed by atoms with Crippen LogP contribution >= 0.6 is 11.3 Å². The average Bonchev–Trinajstić information content (AvgIpc) is 3.18. The summed E-state index contributed by atoms with van der Waals surface area (Å²) in [4.78, 5) is 18.1. The number of hydrogen-bond acceptors (Lipinski definition) is 7. The molecule has 2 unspecified atom stereocenters. The molecule has 9 nitrogen and oxygen atoms in total. The van der Waals surface area contributed by atoms with E-state index in [1.165, 1.54) is 39.9 Å². The summed E-state index contributed by atoms with van der Waals surface area (Å²) in [5, 5.41) is 0. The van der Waals surface area contributed by atoms with Gasteiger partial charge in [0.15, 0.2) is 4.80 Å². The van der Waals surface area contributed by atoms with E-state index in [9.17, 15) is 13.2 Å². The second kappa shape index (κ2) is 11.2. The molecule has 2 heterocycles. The van der Waals surface area contributed by atoms with E-state index in [-0.39, 0.29) is 17.1 Å². The predicted molar refractivity (Wildman–Crippen MR) is 138 cm³/mol. The van der Waals surface area contributed by atoms with Crippen LogP contribution < -0.4 is 9.54 Å². The molecule has 0 aliphatic carbocycles. The fraction of sp³-hybridized carbons (Fsp3) is 0.440. The minimum atomic E-state index is -3.69. The molecule has 1 fully saturated rings. The van der Waals surface area contributed by atoms with Crippen molar-refractivity contribution in [3.05, 3.63) is 52.8 Å². The third-order valence-electron chi connectivity index (χ3n) is 5.81. The van der Waals surface area contributed by atoms with E-state index in [4.69, 9.17) is 14.2 Å². The van der Waals surface area contributed by atoms with Crippen molar-refractivity contribution in [3.8, 4) is 5.75 Å². The van der Waals surface area contributed by atoms with Crippen LogP contribution in [0, 0.1) is 0 Å². The summed E-state index contributed by atoms with van der Waals surface area (Å²) in [6.07, 6.45) is -0.363. The molecule has 1 saturated heterocycles. The highest BCUT2D eigenvalue weighted by molar-refractivity contribution is 7.89. The van der Waals surface area contributed by atoms with Gasteiger partial charge in [0.05, 0.1) is 40.5 Å². The zero-order valence-corrected chi connectivity index (χ0v) is 22.5. The highest BCUT2D eigenvalue weighted by Crippen LogP contribution is 2.24. The molecule has 2 atom stereocenters. The van der Waals surface area contributed by atoms with Crippen molar-refractivity contribution in [1.29, 1.82) is 0 Å². The minimum absolute atomic E-state index is 0.140. The number of hydrogen-bond donors (Lipinski definition) is 0. The minimum Gasteiger partial charge on any atom is -0.494 e. The Bertz CT molecular complexity index is 1390. The molecule has 0 radical (unpaired) electrons. The van der Waals surface area contributed by atoms with Crippen LogP contribution in [0.5, 0.6) is 5.75 Å². The summed E-state index contributed by atoms with van der Waals surface area (Å²) in [6, 6.07) is 11.7. The summed E-state index contributed by atoms with van der Waals surface area (Å²) in [6.45, 7) is 7.77. The molecular weight excluding hydrogens is 502 g/mol. The lowest BCUT2D eigenvalue weighted by molar-refractivity contribution is -0.0440. The number of ether oxygens (including phenoxy) is 3. The van der Waals surface area contributed by atoms with Crippen LogP contribution in [0.15, 0.2) is 52.4 Å². The second-order valence-corrected chi connectivity index (χ2v) is 11.6. The maximum atomic E-state index is 13.1. The number of carbonyl (C=O) groups is 1. The largest absolute Gasteiger partial charge is 0.494 e. The van der Waals surface area contributed by atoms with E-state index in [0.717, 1.165) is 16.0 Å². The molecule has 0 spiro atoms. The molecule has 0 N–H and O–H groups in total. The molecule has 0 saturated carbocycles. The Morgan fingerprint density at radius 3 is 2.47 bits per heavy atom. The standard InChI is InChI=1S/C25H31N3O6S2/c1-5-33-20-8-11-22-23(14-20)35-25(28(22)12-13-32-4)26-24(29)19-6-9-21(10-7-19)36(30,31)27-15-17(2)34-18(3)16-27/h6-11,14,17-18H,5,12-13,15-16H2,1-4H3. The number of aromatic nitrogens is 1. The normalized spacial score (nSPS) is 19.6. The van der Waals surface area contributed by atoms with Crippen LogP contribution in [0.3, 0.4) is 0 Å². The van der Waals surface area contributed by atoms with Crippen LogP contribution in [0.4, 0.5) is 0 Å². The maximum absolute atomic E-state index is 13.1. The van der Waals surface area contributed by atoms with E-state index in [1.54, 1.807) is 7.11 Å². The quantitative estimate of drug-likeness (QED) is 0.441. The van der Waals surface area contributed by atoms with Gasteiger partial charge in [0.25, 0.3) is 5.91 Å². The Balaban J connectivity index is 1.63. The van der Waals surface area contributed by atoms with Crippen LogP contribution in [0.2, 0.25) is 0 Å². The number of morpholine rings is 1. The Kier molecular flexibility index (Phi) is 8.26. The average molecular weight is 534 g/mol. The van der Waals surface area contributed by atoms with Crippen molar-refractivity contribution in [1.82, 2.24) is 8.87 Å². The first-order valence-electron chi connectivity index (χ1n) is 11.8. The molecule has 36 heavy (non-hydrogen) atoms. The molecule has 4 rings (SSSR count). The lowest BCUT2D eigenvalue weighted by atomic mass is 10.2. The Labute approximate surface area is 215 Å². The predicted octanol–water partition coefficient (Wildman–Crippen LogP) is 3.29. The van der Waals surface area contributed by atoms with Gasteiger partial charge in [0.2, 0.25) is 10.0 Å². The van der Waals surface area contributed by atoms with Crippen molar-refractivity contribution in [3.63, 3.8) is 0 Å². The van der Waals surface area contributed by atoms with Crippen molar-refractivity contribution < 1.29 is 27.4 Å². The molecular formula is C25H31N3O6S2. The Hall–Kier alpha value is -2.57. The summed E-state index contributed by atoms with van der Waals surface area (Å²) in [5.74, 6) is 0.305. The number of amides is 1. The molecule has 0 bridgehead atoms. The van der Waals surface area contributed by atoms with E-state index in [1.807, 2.05) is 43.5 Å². The molecule has 1 aliphatic heterocycles. The fourth-order valence-corrected chi connectivity index (χ4v) is 6.86. The number of benzene rings is 2. The van der Waals surface area contributed by atoms with E-state index < -0.39 is 15.9 Å². The molecule has 3 aromatic rings. The second-order valence-electron chi connectivity index (χ2n) is 8.61. The van der Waals surface area contributed by atoms with Gasteiger partial charge in [-0.05, 0) is 63.2 Å². The first-order valence-corrected chi connectivity index (χ1v) is 14.1. The van der Waals surface area contributed by atoms with Gasteiger partial charge in [-0.3, -0.25) is 4.79 Å². The number of carbonyl (C=O) groups excluding carboxylic acids is 1. The SMILES string of the molecule is CCOc1ccc2c(c1)sc(=NC(=O)c1ccc(S(=O)(=O)N3CC(C)OC(C)C3)cc1)n2CCOC. The number of methoxy groups -OCH3 is 1. The first kappa shape index (κ1) is 26.5. The molecule has 1 aromatic heterocycles. The number of thiazole rings is 1. The van der Waals surface area contributed by atoms with Gasteiger partial charge in [-0.2, -0.15) is 9.30 Å². The van der Waals surface area contributed by atoms with Crippen LogP contribution in [-0.2, 0) is 26.0 Å². The van der Waals surface area contributed by atoms with Crippen LogP contribution in [0.25, 0.3) is 10.2 Å². The van der Waals surface area contributed by atoms with Crippen LogP contribution in [-0.4, -0.2) is 68.8 Å². The van der Waals surface area contributed by atoms with Gasteiger partial charge < -0.3 is 18.8 Å². The smallest absolute Gasteiger partial charge is 0.279 e. The number of nitrogens with zero attached hydrogens (tertiary/aromatic N) is 3. The highest BCUT2D eigenvalue weighted by Gasteiger charge is 2.32. The van der Waals surface area contributed by atoms with E-state index in [2.05, 4.69) is 4.99 Å². The maximum Gasteiger partial charge on any atom is 0.279 e. The highest BCUT2D eigenvalue weighted by atomic mass is 32.2. The van der Waals surface area contributed by atoms with Gasteiger partial charge >= 0.3 is 0 Å². The topological polar surface area (TPSA) is 99.4 Å². The summed E-state index contributed by atoms with van der Waals surface area (Å²) < 4.78 is 47.0. The lowest BCUT2D eigenvalue weighted by Crippen LogP contribution is -2.48. The van der Waals surface area contributed by atoms with Gasteiger partial charge in [0.1, 0.15) is 5.75 Å². The lowest BCUT2D eigenvalue weighted by Gasteiger charge is -2.34.